The number of benzene rings is 1. The molecule has 1 amide bonds. The molecule has 0 spiro atoms. The number of nitrogens with zero attached hydrogens (tertiary/aromatic N) is 1. The molecule has 0 bridgehead atoms. The Morgan fingerprint density at radius 3 is 2.95 bits per heavy atom. The Labute approximate surface area is 118 Å². The number of aromatic nitrogens is 1. The summed E-state index contributed by atoms with van der Waals surface area (Å²) in [4.78, 5) is 16.2. The average Bonchev–Trinajstić information content (AvgIpc) is 3.04. The van der Waals surface area contributed by atoms with Crippen molar-refractivity contribution in [1.82, 2.24) is 4.98 Å². The summed E-state index contributed by atoms with van der Waals surface area (Å²) in [6.07, 6.45) is 1.27. The maximum Gasteiger partial charge on any atom is 0.226 e. The van der Waals surface area contributed by atoms with Crippen molar-refractivity contribution in [2.24, 2.45) is 0 Å². The second-order valence-electron chi connectivity index (χ2n) is 4.17. The lowest BCUT2D eigenvalue weighted by molar-refractivity contribution is -0.116. The monoisotopic (exact) mass is 288 g/mol. The van der Waals surface area contributed by atoms with Gasteiger partial charge >= 0.3 is 0 Å². The van der Waals surface area contributed by atoms with Gasteiger partial charge in [0.2, 0.25) is 5.91 Å². The highest BCUT2D eigenvalue weighted by Gasteiger charge is 2.07. The number of carbonyl (C=O) groups excluding carboxylic acids is 1. The molecule has 2 heterocycles. The van der Waals surface area contributed by atoms with E-state index in [1.165, 1.54) is 16.9 Å². The molecule has 3 nitrogen and oxygen atoms in total. The lowest BCUT2D eigenvalue weighted by Crippen LogP contribution is -2.11. The maximum atomic E-state index is 11.8. The van der Waals surface area contributed by atoms with Gasteiger partial charge in [-0.25, -0.2) is 4.98 Å². The Hall–Kier alpha value is -1.72. The van der Waals surface area contributed by atoms with Crippen molar-refractivity contribution >= 4 is 43.9 Å². The number of hydrogen-bond acceptors (Lipinski definition) is 4. The van der Waals surface area contributed by atoms with Crippen molar-refractivity contribution in [2.45, 2.75) is 12.8 Å². The van der Waals surface area contributed by atoms with E-state index < -0.39 is 0 Å². The third-order valence-electron chi connectivity index (χ3n) is 2.76. The zero-order valence-electron chi connectivity index (χ0n) is 10.1. The standard InChI is InChI=1S/C14H12N2OS2/c17-13(6-5-10-7-8-18-9-10)16-14-15-11-3-1-2-4-12(11)19-14/h1-4,7-9H,5-6H2,(H,15,16,17). The van der Waals surface area contributed by atoms with Crippen LogP contribution in [0, 0.1) is 0 Å². The number of amides is 1. The van der Waals surface area contributed by atoms with E-state index in [1.807, 2.05) is 29.6 Å². The molecule has 19 heavy (non-hydrogen) atoms. The molecule has 0 fully saturated rings. The molecular formula is C14H12N2OS2. The predicted octanol–water partition coefficient (Wildman–Crippen LogP) is 3.93. The summed E-state index contributed by atoms with van der Waals surface area (Å²) in [7, 11) is 0. The van der Waals surface area contributed by atoms with Crippen molar-refractivity contribution in [3.05, 3.63) is 46.7 Å². The first-order valence-electron chi connectivity index (χ1n) is 5.98. The van der Waals surface area contributed by atoms with E-state index in [9.17, 15) is 4.79 Å². The Kier molecular flexibility index (Phi) is 3.57. The summed E-state index contributed by atoms with van der Waals surface area (Å²) in [5.74, 6) is 0.0188. The summed E-state index contributed by atoms with van der Waals surface area (Å²) in [6.45, 7) is 0. The fourth-order valence-corrected chi connectivity index (χ4v) is 3.39. The van der Waals surface area contributed by atoms with Crippen LogP contribution in [0.5, 0.6) is 0 Å². The summed E-state index contributed by atoms with van der Waals surface area (Å²) >= 11 is 3.16. The van der Waals surface area contributed by atoms with Gasteiger partial charge in [-0.15, -0.1) is 0 Å². The van der Waals surface area contributed by atoms with Gasteiger partial charge in [-0.2, -0.15) is 11.3 Å². The van der Waals surface area contributed by atoms with Gasteiger partial charge in [-0.1, -0.05) is 23.5 Å². The fourth-order valence-electron chi connectivity index (χ4n) is 1.80. The van der Waals surface area contributed by atoms with Crippen LogP contribution in [0.2, 0.25) is 0 Å². The minimum absolute atomic E-state index is 0.0188. The molecule has 1 aromatic carbocycles. The van der Waals surface area contributed by atoms with Gasteiger partial charge in [0, 0.05) is 6.42 Å². The second kappa shape index (κ2) is 5.50. The summed E-state index contributed by atoms with van der Waals surface area (Å²) < 4.78 is 1.09. The molecule has 0 atom stereocenters. The first-order chi connectivity index (χ1) is 9.31. The van der Waals surface area contributed by atoms with Crippen molar-refractivity contribution < 1.29 is 4.79 Å². The van der Waals surface area contributed by atoms with Crippen LogP contribution in [-0.4, -0.2) is 10.9 Å². The number of thiophene rings is 1. The fraction of sp³-hybridized carbons (Fsp3) is 0.143. The average molecular weight is 288 g/mol. The Bertz CT molecular complexity index is 655. The van der Waals surface area contributed by atoms with Crippen molar-refractivity contribution in [3.8, 4) is 0 Å². The normalized spacial score (nSPS) is 10.7. The number of anilines is 1. The van der Waals surface area contributed by atoms with Crippen LogP contribution >= 0.6 is 22.7 Å². The smallest absolute Gasteiger partial charge is 0.226 e. The van der Waals surface area contributed by atoms with Crippen molar-refractivity contribution in [3.63, 3.8) is 0 Å². The SMILES string of the molecule is O=C(CCc1ccsc1)Nc1nc2ccccc2s1. The number of nitrogens with one attached hydrogen (secondary N) is 1. The van der Waals surface area contributed by atoms with Crippen LogP contribution in [0.25, 0.3) is 10.2 Å². The number of fused-ring (bicyclic) bond motifs is 1. The van der Waals surface area contributed by atoms with E-state index in [0.29, 0.717) is 11.6 Å². The molecule has 3 rings (SSSR count). The Morgan fingerprint density at radius 2 is 2.16 bits per heavy atom. The molecule has 0 radical (unpaired) electrons. The first-order valence-corrected chi connectivity index (χ1v) is 7.74. The largest absolute Gasteiger partial charge is 0.302 e. The van der Waals surface area contributed by atoms with E-state index in [4.69, 9.17) is 0 Å². The number of carbonyl (C=O) groups is 1. The first kappa shape index (κ1) is 12.3. The van der Waals surface area contributed by atoms with Gasteiger partial charge in [0.25, 0.3) is 0 Å². The van der Waals surface area contributed by atoms with E-state index >= 15 is 0 Å². The van der Waals surface area contributed by atoms with Crippen LogP contribution in [0.1, 0.15) is 12.0 Å². The number of para-hydroxylation sites is 1. The van der Waals surface area contributed by atoms with E-state index in [2.05, 4.69) is 21.7 Å². The van der Waals surface area contributed by atoms with Crippen LogP contribution < -0.4 is 5.32 Å². The van der Waals surface area contributed by atoms with Crippen molar-refractivity contribution in [2.75, 3.05) is 5.32 Å². The van der Waals surface area contributed by atoms with Crippen LogP contribution in [-0.2, 0) is 11.2 Å². The van der Waals surface area contributed by atoms with Gasteiger partial charge in [0.15, 0.2) is 5.13 Å². The highest BCUT2D eigenvalue weighted by atomic mass is 32.1. The molecule has 5 heteroatoms. The summed E-state index contributed by atoms with van der Waals surface area (Å²) in [5, 5.41) is 7.65. The minimum Gasteiger partial charge on any atom is -0.302 e. The van der Waals surface area contributed by atoms with Gasteiger partial charge in [0.05, 0.1) is 10.2 Å². The summed E-state index contributed by atoms with van der Waals surface area (Å²) in [5.41, 5.74) is 2.14. The molecule has 0 aliphatic carbocycles. The molecule has 0 unspecified atom stereocenters. The van der Waals surface area contributed by atoms with E-state index in [1.54, 1.807) is 11.3 Å². The molecule has 0 aliphatic heterocycles. The van der Waals surface area contributed by atoms with Crippen LogP contribution in [0.4, 0.5) is 5.13 Å². The topological polar surface area (TPSA) is 42.0 Å². The van der Waals surface area contributed by atoms with Crippen molar-refractivity contribution in [1.29, 1.82) is 0 Å². The quantitative estimate of drug-likeness (QED) is 0.790. The minimum atomic E-state index is 0.0188. The highest BCUT2D eigenvalue weighted by Crippen LogP contribution is 2.25. The highest BCUT2D eigenvalue weighted by molar-refractivity contribution is 7.22. The zero-order chi connectivity index (χ0) is 13.1. The van der Waals surface area contributed by atoms with Gasteiger partial charge in [-0.3, -0.25) is 4.79 Å². The summed E-state index contributed by atoms with van der Waals surface area (Å²) in [6, 6.07) is 9.93. The number of rotatable bonds is 4. The molecule has 0 saturated heterocycles. The van der Waals surface area contributed by atoms with Crippen LogP contribution in [0.3, 0.4) is 0 Å². The maximum absolute atomic E-state index is 11.8. The van der Waals surface area contributed by atoms with Gasteiger partial charge in [0.1, 0.15) is 0 Å². The molecule has 0 saturated carbocycles. The molecule has 96 valence electrons. The zero-order valence-corrected chi connectivity index (χ0v) is 11.8. The lowest BCUT2D eigenvalue weighted by Gasteiger charge is -1.99. The Balaban J connectivity index is 1.62. The van der Waals surface area contributed by atoms with Gasteiger partial charge < -0.3 is 5.32 Å². The van der Waals surface area contributed by atoms with E-state index in [-0.39, 0.29) is 5.91 Å². The molecular weight excluding hydrogens is 276 g/mol. The molecule has 2 aromatic heterocycles. The number of thiazole rings is 1. The third kappa shape index (κ3) is 3.00. The molecule has 3 aromatic rings. The van der Waals surface area contributed by atoms with Gasteiger partial charge in [-0.05, 0) is 40.9 Å². The Morgan fingerprint density at radius 1 is 1.26 bits per heavy atom. The number of hydrogen-bond donors (Lipinski definition) is 1. The second-order valence-corrected chi connectivity index (χ2v) is 5.98. The predicted molar refractivity (Wildman–Crippen MR) is 80.9 cm³/mol. The third-order valence-corrected chi connectivity index (χ3v) is 4.44. The molecule has 0 aliphatic rings. The van der Waals surface area contributed by atoms with Crippen LogP contribution in [0.15, 0.2) is 41.1 Å². The van der Waals surface area contributed by atoms with E-state index in [0.717, 1.165) is 16.6 Å². The lowest BCUT2D eigenvalue weighted by atomic mass is 10.2. The number of aryl methyl sites for hydroxylation is 1. The molecule has 1 N–H and O–H groups in total.